The Morgan fingerprint density at radius 1 is 0.382 bits per heavy atom. The lowest BCUT2D eigenvalue weighted by atomic mass is 9.67. The van der Waals surface area contributed by atoms with Crippen molar-refractivity contribution < 1.29 is 0 Å². The second kappa shape index (κ2) is 12.6. The standard InChI is InChI=1S/C54H37N/c1-4-15-39(16-5-1)41-18-14-21-43(36-41)54(42-19-6-2-7-20-42)50-26-13-12-25-46(50)47-30-27-37(34-51(47)54)33-38-28-31-48-49-32-29-40-17-10-11-24-45(40)53(49)55(52(48)35-38)44-22-8-3-9-23-44/h1-32,34-36H,33H2. The van der Waals surface area contributed by atoms with E-state index in [2.05, 4.69) is 217 Å². The number of hydrogen-bond donors (Lipinski definition) is 0. The topological polar surface area (TPSA) is 4.93 Å². The Labute approximate surface area is 321 Å². The van der Waals surface area contributed by atoms with E-state index in [-0.39, 0.29) is 0 Å². The predicted octanol–water partition coefficient (Wildman–Crippen LogP) is 13.6. The molecule has 9 aromatic carbocycles. The molecule has 0 bridgehead atoms. The van der Waals surface area contributed by atoms with Gasteiger partial charge in [0.05, 0.1) is 16.4 Å². The van der Waals surface area contributed by atoms with Crippen LogP contribution in [0, 0.1) is 0 Å². The summed E-state index contributed by atoms with van der Waals surface area (Å²) in [6.45, 7) is 0. The third kappa shape index (κ3) is 4.87. The van der Waals surface area contributed by atoms with Crippen molar-refractivity contribution in [3.8, 4) is 27.9 Å². The molecule has 0 amide bonds. The van der Waals surface area contributed by atoms with Gasteiger partial charge >= 0.3 is 0 Å². The summed E-state index contributed by atoms with van der Waals surface area (Å²) in [5, 5.41) is 5.09. The van der Waals surface area contributed by atoms with Gasteiger partial charge in [-0.25, -0.2) is 0 Å². The smallest absolute Gasteiger partial charge is 0.0713 e. The quantitative estimate of drug-likeness (QED) is 0.163. The van der Waals surface area contributed by atoms with E-state index in [4.69, 9.17) is 0 Å². The second-order valence-electron chi connectivity index (χ2n) is 14.9. The maximum atomic E-state index is 2.50. The van der Waals surface area contributed by atoms with Crippen molar-refractivity contribution in [3.63, 3.8) is 0 Å². The van der Waals surface area contributed by atoms with E-state index in [0.717, 1.165) is 6.42 Å². The summed E-state index contributed by atoms with van der Waals surface area (Å²) in [6.07, 6.45) is 0.825. The Balaban J connectivity index is 1.11. The molecule has 0 saturated heterocycles. The molecule has 1 aromatic heterocycles. The first-order chi connectivity index (χ1) is 27.3. The summed E-state index contributed by atoms with van der Waals surface area (Å²) in [4.78, 5) is 0. The fourth-order valence-corrected chi connectivity index (χ4v) is 9.49. The van der Waals surface area contributed by atoms with Crippen molar-refractivity contribution in [2.75, 3.05) is 0 Å². The van der Waals surface area contributed by atoms with Gasteiger partial charge in [0.2, 0.25) is 0 Å². The number of aromatic nitrogens is 1. The fraction of sp³-hybridized carbons (Fsp3) is 0.0370. The van der Waals surface area contributed by atoms with Crippen molar-refractivity contribution in [2.45, 2.75) is 11.8 Å². The van der Waals surface area contributed by atoms with Crippen molar-refractivity contribution in [2.24, 2.45) is 0 Å². The van der Waals surface area contributed by atoms with Crippen LogP contribution >= 0.6 is 0 Å². The van der Waals surface area contributed by atoms with Gasteiger partial charge in [0.25, 0.3) is 0 Å². The van der Waals surface area contributed by atoms with Crippen LogP contribution in [-0.2, 0) is 11.8 Å². The van der Waals surface area contributed by atoms with Crippen molar-refractivity contribution in [1.29, 1.82) is 0 Å². The highest BCUT2D eigenvalue weighted by Crippen LogP contribution is 2.56. The third-order valence-corrected chi connectivity index (χ3v) is 11.9. The first kappa shape index (κ1) is 31.6. The fourth-order valence-electron chi connectivity index (χ4n) is 9.49. The number of rotatable bonds is 6. The Hall–Kier alpha value is -6.96. The number of para-hydroxylation sites is 1. The van der Waals surface area contributed by atoms with E-state index in [1.807, 2.05) is 0 Å². The molecule has 0 aliphatic heterocycles. The van der Waals surface area contributed by atoms with Gasteiger partial charge in [-0.3, -0.25) is 0 Å². The molecule has 1 aliphatic rings. The lowest BCUT2D eigenvalue weighted by Gasteiger charge is -2.34. The molecule has 0 spiro atoms. The van der Waals surface area contributed by atoms with E-state index in [9.17, 15) is 0 Å². The summed E-state index contributed by atoms with van der Waals surface area (Å²) in [6, 6.07) is 78.6. The zero-order valence-electron chi connectivity index (χ0n) is 30.4. The third-order valence-electron chi connectivity index (χ3n) is 11.9. The van der Waals surface area contributed by atoms with Crippen LogP contribution in [0.4, 0.5) is 0 Å². The summed E-state index contributed by atoms with van der Waals surface area (Å²) in [7, 11) is 0. The van der Waals surface area contributed by atoms with Crippen LogP contribution in [0.5, 0.6) is 0 Å². The minimum atomic E-state index is -0.473. The van der Waals surface area contributed by atoms with Gasteiger partial charge in [-0.2, -0.15) is 0 Å². The lowest BCUT2D eigenvalue weighted by molar-refractivity contribution is 0.767. The van der Waals surface area contributed by atoms with Crippen molar-refractivity contribution >= 4 is 32.6 Å². The van der Waals surface area contributed by atoms with Crippen LogP contribution in [0.3, 0.4) is 0 Å². The number of benzene rings is 9. The summed E-state index contributed by atoms with van der Waals surface area (Å²) < 4.78 is 2.47. The molecule has 1 heteroatoms. The summed E-state index contributed by atoms with van der Waals surface area (Å²) in [5.41, 5.74) is 16.1. The molecule has 0 N–H and O–H groups in total. The minimum absolute atomic E-state index is 0.473. The molecular formula is C54H37N. The second-order valence-corrected chi connectivity index (χ2v) is 14.9. The average molecular weight is 700 g/mol. The number of hydrogen-bond acceptors (Lipinski definition) is 0. The van der Waals surface area contributed by atoms with E-state index in [0.29, 0.717) is 0 Å². The highest BCUT2D eigenvalue weighted by Gasteiger charge is 2.46. The Morgan fingerprint density at radius 2 is 1.02 bits per heavy atom. The minimum Gasteiger partial charge on any atom is -0.309 e. The predicted molar refractivity (Wildman–Crippen MR) is 230 cm³/mol. The number of fused-ring (bicyclic) bond motifs is 8. The molecule has 0 saturated carbocycles. The molecular weight excluding hydrogens is 663 g/mol. The van der Waals surface area contributed by atoms with Gasteiger partial charge in [0.15, 0.2) is 0 Å². The molecule has 1 nitrogen and oxygen atoms in total. The highest BCUT2D eigenvalue weighted by atomic mass is 15.0. The van der Waals surface area contributed by atoms with Crippen molar-refractivity contribution in [3.05, 3.63) is 246 Å². The van der Waals surface area contributed by atoms with Crippen LogP contribution in [0.2, 0.25) is 0 Å². The zero-order chi connectivity index (χ0) is 36.3. The highest BCUT2D eigenvalue weighted by molar-refractivity contribution is 6.18. The van der Waals surface area contributed by atoms with Crippen LogP contribution < -0.4 is 0 Å². The van der Waals surface area contributed by atoms with Crippen LogP contribution in [0.1, 0.15) is 33.4 Å². The molecule has 1 aliphatic carbocycles. The van der Waals surface area contributed by atoms with Crippen LogP contribution in [0.15, 0.2) is 212 Å². The van der Waals surface area contributed by atoms with Crippen molar-refractivity contribution in [1.82, 2.24) is 4.57 Å². The summed E-state index contributed by atoms with van der Waals surface area (Å²) >= 11 is 0. The Morgan fingerprint density at radius 3 is 1.87 bits per heavy atom. The average Bonchev–Trinajstić information content (AvgIpc) is 3.75. The van der Waals surface area contributed by atoms with Gasteiger partial charge in [0, 0.05) is 21.8 Å². The first-order valence-electron chi connectivity index (χ1n) is 19.2. The van der Waals surface area contributed by atoms with Gasteiger partial charge in [0.1, 0.15) is 0 Å². The molecule has 0 fully saturated rings. The van der Waals surface area contributed by atoms with Crippen LogP contribution in [0.25, 0.3) is 60.5 Å². The largest absolute Gasteiger partial charge is 0.309 e. The normalized spacial score (nSPS) is 14.7. The molecule has 1 unspecified atom stereocenters. The zero-order valence-corrected chi connectivity index (χ0v) is 30.4. The number of nitrogens with zero attached hydrogens (tertiary/aromatic N) is 1. The maximum Gasteiger partial charge on any atom is 0.0713 e. The molecule has 258 valence electrons. The van der Waals surface area contributed by atoms with E-state index in [1.165, 1.54) is 93.9 Å². The van der Waals surface area contributed by atoms with Gasteiger partial charge in [-0.1, -0.05) is 188 Å². The molecule has 1 heterocycles. The Kier molecular flexibility index (Phi) is 7.22. The lowest BCUT2D eigenvalue weighted by Crippen LogP contribution is -2.28. The van der Waals surface area contributed by atoms with Crippen LogP contribution in [-0.4, -0.2) is 4.57 Å². The molecule has 11 rings (SSSR count). The first-order valence-corrected chi connectivity index (χ1v) is 19.2. The molecule has 0 radical (unpaired) electrons. The molecule has 10 aromatic rings. The molecule has 1 atom stereocenters. The summed E-state index contributed by atoms with van der Waals surface area (Å²) in [5.74, 6) is 0. The van der Waals surface area contributed by atoms with Gasteiger partial charge in [-0.15, -0.1) is 0 Å². The van der Waals surface area contributed by atoms with E-state index >= 15 is 0 Å². The van der Waals surface area contributed by atoms with E-state index in [1.54, 1.807) is 0 Å². The van der Waals surface area contributed by atoms with Gasteiger partial charge in [-0.05, 0) is 91.7 Å². The molecule has 55 heavy (non-hydrogen) atoms. The monoisotopic (exact) mass is 699 g/mol. The van der Waals surface area contributed by atoms with E-state index < -0.39 is 5.41 Å². The Bertz CT molecular complexity index is 3050. The SMILES string of the molecule is c1ccc(-c2cccc(C3(c4ccccc4)c4ccccc4-c4ccc(Cc5ccc6c7ccc8ccccc8c7n(-c7ccccc7)c6c5)cc43)c2)cc1. The van der Waals surface area contributed by atoms with Gasteiger partial charge < -0.3 is 4.57 Å². The maximum absolute atomic E-state index is 2.50.